The predicted molar refractivity (Wildman–Crippen MR) is 52.6 cm³/mol. The van der Waals surface area contributed by atoms with E-state index in [0.717, 1.165) is 5.69 Å². The minimum Gasteiger partial charge on any atom is -0.369 e. The first-order valence-corrected chi connectivity index (χ1v) is 3.91. The smallest absolute Gasteiger partial charge is 0.210 e. The van der Waals surface area contributed by atoms with Gasteiger partial charge in [0, 0.05) is 22.5 Å². The number of hydrogen-bond acceptors (Lipinski definition) is 1. The lowest BCUT2D eigenvalue weighted by atomic mass is 10.3. The molecule has 1 aromatic rings. The molecule has 0 fully saturated rings. The average Bonchev–Trinajstić information content (AvgIpc) is 2.04. The van der Waals surface area contributed by atoms with Crippen molar-refractivity contribution in [1.29, 1.82) is 0 Å². The summed E-state index contributed by atoms with van der Waals surface area (Å²) in [6.45, 7) is 0. The van der Waals surface area contributed by atoms with Crippen molar-refractivity contribution in [3.8, 4) is 0 Å². The van der Waals surface area contributed by atoms with Crippen LogP contribution >= 0.6 is 23.4 Å². The third-order valence-corrected chi connectivity index (χ3v) is 1.61. The minimum atomic E-state index is 0.138. The van der Waals surface area contributed by atoms with Crippen LogP contribution in [0.15, 0.2) is 28.8 Å². The summed E-state index contributed by atoms with van der Waals surface area (Å²) in [5.41, 5.74) is 6.07. The number of halogens is 2. The molecular weight excluding hydrogens is 197 g/mol. The van der Waals surface area contributed by atoms with Crippen LogP contribution in [0.25, 0.3) is 0 Å². The Labute approximate surface area is 80.3 Å². The predicted octanol–water partition coefficient (Wildman–Crippen LogP) is 2.22. The average molecular weight is 204 g/mol. The molecule has 3 N–H and O–H groups in total. The van der Waals surface area contributed by atoms with E-state index in [0.29, 0.717) is 5.02 Å². The maximum absolute atomic E-state index is 5.72. The normalized spacial score (nSPS) is 11.3. The number of hydrogen-bond donors (Lipinski definition) is 2. The molecule has 0 saturated heterocycles. The Kier molecular flexibility index (Phi) is 3.19. The highest BCUT2D eigenvalue weighted by molar-refractivity contribution is 6.31. The Morgan fingerprint density at radius 1 is 1.50 bits per heavy atom. The number of nitrogens with one attached hydrogen (secondary N) is 1. The van der Waals surface area contributed by atoms with Crippen LogP contribution in [-0.2, 0) is 0 Å². The molecule has 64 valence electrons. The Morgan fingerprint density at radius 3 is 2.83 bits per heavy atom. The van der Waals surface area contributed by atoms with Crippen molar-refractivity contribution in [2.24, 2.45) is 10.2 Å². The van der Waals surface area contributed by atoms with Crippen molar-refractivity contribution in [2.45, 2.75) is 0 Å². The number of nitrogens with two attached hydrogens (primary N) is 1. The van der Waals surface area contributed by atoms with Crippen molar-refractivity contribution in [3.05, 3.63) is 29.3 Å². The van der Waals surface area contributed by atoms with Gasteiger partial charge in [-0.1, -0.05) is 17.7 Å². The fourth-order valence-corrected chi connectivity index (χ4v) is 0.968. The molecule has 0 aromatic heterocycles. The minimum absolute atomic E-state index is 0.138. The molecule has 0 saturated carbocycles. The molecule has 0 heterocycles. The first kappa shape index (κ1) is 9.16. The summed E-state index contributed by atoms with van der Waals surface area (Å²) >= 11 is 10.8. The quantitative estimate of drug-likeness (QED) is 0.544. The van der Waals surface area contributed by atoms with Crippen LogP contribution < -0.4 is 11.1 Å². The van der Waals surface area contributed by atoms with Crippen LogP contribution in [0.5, 0.6) is 0 Å². The zero-order valence-corrected chi connectivity index (χ0v) is 7.60. The van der Waals surface area contributed by atoms with Crippen molar-refractivity contribution in [2.75, 3.05) is 5.32 Å². The Balaban J connectivity index is 2.76. The van der Waals surface area contributed by atoms with Crippen LogP contribution in [0.1, 0.15) is 0 Å². The van der Waals surface area contributed by atoms with Crippen molar-refractivity contribution >= 4 is 35.0 Å². The second-order valence-electron chi connectivity index (χ2n) is 2.11. The zero-order chi connectivity index (χ0) is 8.97. The molecule has 0 radical (unpaired) electrons. The summed E-state index contributed by atoms with van der Waals surface area (Å²) < 4.78 is 3.23. The van der Waals surface area contributed by atoms with E-state index < -0.39 is 0 Å². The van der Waals surface area contributed by atoms with Crippen molar-refractivity contribution in [1.82, 2.24) is 0 Å². The van der Waals surface area contributed by atoms with Gasteiger partial charge in [0.2, 0.25) is 5.96 Å². The summed E-state index contributed by atoms with van der Waals surface area (Å²) in [5, 5.41) is 3.37. The van der Waals surface area contributed by atoms with Crippen LogP contribution in [0.2, 0.25) is 5.02 Å². The number of nitrogens with zero attached hydrogens (tertiary/aromatic N) is 1. The summed E-state index contributed by atoms with van der Waals surface area (Å²) in [7, 11) is 0. The lowest BCUT2D eigenvalue weighted by Gasteiger charge is -2.02. The molecule has 0 aliphatic heterocycles. The van der Waals surface area contributed by atoms with Crippen LogP contribution in [0.3, 0.4) is 0 Å². The van der Waals surface area contributed by atoms with E-state index in [1.165, 1.54) is 0 Å². The summed E-state index contributed by atoms with van der Waals surface area (Å²) in [6, 6.07) is 7.09. The van der Waals surface area contributed by atoms with Gasteiger partial charge in [0.25, 0.3) is 0 Å². The highest BCUT2D eigenvalue weighted by Gasteiger charge is 1.94. The molecule has 0 bridgehead atoms. The van der Waals surface area contributed by atoms with Gasteiger partial charge in [0.05, 0.1) is 0 Å². The van der Waals surface area contributed by atoms with Crippen LogP contribution in [-0.4, -0.2) is 5.96 Å². The summed E-state index contributed by atoms with van der Waals surface area (Å²) in [4.78, 5) is 0. The number of rotatable bonds is 1. The van der Waals surface area contributed by atoms with E-state index in [4.69, 9.17) is 29.1 Å². The van der Waals surface area contributed by atoms with Gasteiger partial charge in [-0.2, -0.15) is 0 Å². The molecule has 0 amide bonds. The SMILES string of the molecule is NC(=NCl)Nc1cccc(Cl)c1. The molecule has 1 aromatic carbocycles. The molecule has 3 nitrogen and oxygen atoms in total. The molecular formula is C7H7Cl2N3. The van der Waals surface area contributed by atoms with Gasteiger partial charge in [0.15, 0.2) is 0 Å². The maximum Gasteiger partial charge on any atom is 0.210 e. The van der Waals surface area contributed by atoms with Crippen molar-refractivity contribution < 1.29 is 0 Å². The highest BCUT2D eigenvalue weighted by atomic mass is 35.5. The standard InChI is InChI=1S/C7H7Cl2N3/c8-5-2-1-3-6(4-5)11-7(10)12-9/h1-4H,(H3,10,11,12). The molecule has 0 unspecified atom stereocenters. The molecule has 5 heteroatoms. The third kappa shape index (κ3) is 2.60. The molecule has 0 atom stereocenters. The van der Waals surface area contributed by atoms with Gasteiger partial charge in [-0.25, -0.2) is 0 Å². The Bertz CT molecular complexity index is 298. The lowest BCUT2D eigenvalue weighted by molar-refractivity contribution is 1.54. The van der Waals surface area contributed by atoms with Gasteiger partial charge < -0.3 is 11.1 Å². The monoisotopic (exact) mass is 203 g/mol. The van der Waals surface area contributed by atoms with Gasteiger partial charge >= 0.3 is 0 Å². The fourth-order valence-electron chi connectivity index (χ4n) is 0.735. The van der Waals surface area contributed by atoms with Crippen LogP contribution in [0, 0.1) is 0 Å². The number of guanidine groups is 1. The molecule has 0 aliphatic carbocycles. The summed E-state index contributed by atoms with van der Waals surface area (Å²) in [5.74, 6) is 0.138. The zero-order valence-electron chi connectivity index (χ0n) is 6.09. The van der Waals surface area contributed by atoms with E-state index in [1.807, 2.05) is 0 Å². The van der Waals surface area contributed by atoms with Gasteiger partial charge in [-0.3, -0.25) is 0 Å². The maximum atomic E-state index is 5.72. The van der Waals surface area contributed by atoms with E-state index in [9.17, 15) is 0 Å². The summed E-state index contributed by atoms with van der Waals surface area (Å²) in [6.07, 6.45) is 0. The Hall–Kier alpha value is -0.930. The van der Waals surface area contributed by atoms with Crippen molar-refractivity contribution in [3.63, 3.8) is 0 Å². The topological polar surface area (TPSA) is 50.4 Å². The number of anilines is 1. The first-order chi connectivity index (χ1) is 5.72. The fraction of sp³-hybridized carbons (Fsp3) is 0. The second-order valence-corrected chi connectivity index (χ2v) is 2.71. The van der Waals surface area contributed by atoms with Gasteiger partial charge in [-0.15, -0.1) is 4.51 Å². The van der Waals surface area contributed by atoms with E-state index >= 15 is 0 Å². The molecule has 1 rings (SSSR count). The van der Waals surface area contributed by atoms with Crippen LogP contribution in [0.4, 0.5) is 5.69 Å². The van der Waals surface area contributed by atoms with E-state index in [1.54, 1.807) is 24.3 Å². The highest BCUT2D eigenvalue weighted by Crippen LogP contribution is 2.14. The molecule has 0 spiro atoms. The van der Waals surface area contributed by atoms with E-state index in [2.05, 4.69) is 9.83 Å². The second kappa shape index (κ2) is 4.18. The van der Waals surface area contributed by atoms with Gasteiger partial charge in [0.1, 0.15) is 0 Å². The third-order valence-electron chi connectivity index (χ3n) is 1.19. The number of benzene rings is 1. The first-order valence-electron chi connectivity index (χ1n) is 3.19. The Morgan fingerprint density at radius 2 is 2.25 bits per heavy atom. The molecule has 0 aliphatic rings. The van der Waals surface area contributed by atoms with Gasteiger partial charge in [-0.05, 0) is 18.2 Å². The largest absolute Gasteiger partial charge is 0.369 e. The molecule has 12 heavy (non-hydrogen) atoms. The lowest BCUT2D eigenvalue weighted by Crippen LogP contribution is -2.21. The van der Waals surface area contributed by atoms with E-state index in [-0.39, 0.29) is 5.96 Å².